The van der Waals surface area contributed by atoms with E-state index in [4.69, 9.17) is 0 Å². The van der Waals surface area contributed by atoms with Crippen LogP contribution in [0.3, 0.4) is 0 Å². The highest BCUT2D eigenvalue weighted by atomic mass is 16.2. The first-order valence-electron chi connectivity index (χ1n) is 9.44. The van der Waals surface area contributed by atoms with Crippen LogP contribution in [0.25, 0.3) is 0 Å². The Bertz CT molecular complexity index is 785. The monoisotopic (exact) mass is 352 g/mol. The standard InChI is InChI=1S/C21H28N4O/c1-5-18-7-9-19(10-8-18)21(26)25-12-6-11-24(13-14-25)20-15(2)16(3)22-17(4)23-20/h7-10H,5-6,11-14H2,1-4H3. The summed E-state index contributed by atoms with van der Waals surface area (Å²) in [6.07, 6.45) is 1.94. The molecule has 0 saturated carbocycles. The second kappa shape index (κ2) is 7.85. The van der Waals surface area contributed by atoms with E-state index in [1.165, 1.54) is 5.56 Å². The van der Waals surface area contributed by atoms with Crippen LogP contribution >= 0.6 is 0 Å². The van der Waals surface area contributed by atoms with E-state index in [-0.39, 0.29) is 5.91 Å². The Morgan fingerprint density at radius 1 is 1.00 bits per heavy atom. The van der Waals surface area contributed by atoms with E-state index in [1.807, 2.05) is 43.0 Å². The molecule has 1 aliphatic rings. The van der Waals surface area contributed by atoms with Gasteiger partial charge >= 0.3 is 0 Å². The van der Waals surface area contributed by atoms with Crippen molar-refractivity contribution in [1.82, 2.24) is 14.9 Å². The lowest BCUT2D eigenvalue weighted by Crippen LogP contribution is -2.35. The molecule has 1 saturated heterocycles. The highest BCUT2D eigenvalue weighted by Crippen LogP contribution is 2.21. The third kappa shape index (κ3) is 3.87. The van der Waals surface area contributed by atoms with Gasteiger partial charge in [0.15, 0.2) is 0 Å². The number of aryl methyl sites for hydroxylation is 3. The molecule has 1 fully saturated rings. The molecule has 0 atom stereocenters. The minimum atomic E-state index is 0.126. The fourth-order valence-electron chi connectivity index (χ4n) is 3.46. The molecule has 0 N–H and O–H groups in total. The second-order valence-electron chi connectivity index (χ2n) is 6.99. The van der Waals surface area contributed by atoms with Gasteiger partial charge in [-0.3, -0.25) is 4.79 Å². The zero-order valence-electron chi connectivity index (χ0n) is 16.2. The molecule has 2 heterocycles. The fourth-order valence-corrected chi connectivity index (χ4v) is 3.46. The van der Waals surface area contributed by atoms with Gasteiger partial charge in [0.2, 0.25) is 0 Å². The minimum Gasteiger partial charge on any atom is -0.354 e. The topological polar surface area (TPSA) is 49.3 Å². The molecule has 0 bridgehead atoms. The number of nitrogens with zero attached hydrogens (tertiary/aromatic N) is 4. The Hall–Kier alpha value is -2.43. The van der Waals surface area contributed by atoms with Crippen molar-refractivity contribution in [1.29, 1.82) is 0 Å². The number of carbonyl (C=O) groups excluding carboxylic acids is 1. The van der Waals surface area contributed by atoms with E-state index >= 15 is 0 Å². The number of aromatic nitrogens is 2. The summed E-state index contributed by atoms with van der Waals surface area (Å²) in [5, 5.41) is 0. The largest absolute Gasteiger partial charge is 0.354 e. The van der Waals surface area contributed by atoms with Crippen molar-refractivity contribution in [2.45, 2.75) is 40.5 Å². The van der Waals surface area contributed by atoms with E-state index in [2.05, 4.69) is 28.7 Å². The molecule has 3 rings (SSSR count). The molecular weight excluding hydrogens is 324 g/mol. The zero-order chi connectivity index (χ0) is 18.7. The van der Waals surface area contributed by atoms with Gasteiger partial charge < -0.3 is 9.80 Å². The van der Waals surface area contributed by atoms with Crippen LogP contribution in [-0.4, -0.2) is 47.0 Å². The van der Waals surface area contributed by atoms with E-state index in [0.717, 1.165) is 67.5 Å². The number of carbonyl (C=O) groups is 1. The summed E-state index contributed by atoms with van der Waals surface area (Å²) in [5.41, 5.74) is 4.19. The van der Waals surface area contributed by atoms with E-state index in [0.29, 0.717) is 0 Å². The molecule has 0 unspecified atom stereocenters. The summed E-state index contributed by atoms with van der Waals surface area (Å²) in [4.78, 5) is 26.2. The van der Waals surface area contributed by atoms with Crippen molar-refractivity contribution in [3.8, 4) is 0 Å². The van der Waals surface area contributed by atoms with Crippen LogP contribution in [0.5, 0.6) is 0 Å². The zero-order valence-corrected chi connectivity index (χ0v) is 16.2. The van der Waals surface area contributed by atoms with Gasteiger partial charge in [-0.1, -0.05) is 19.1 Å². The molecule has 1 aliphatic heterocycles. The highest BCUT2D eigenvalue weighted by molar-refractivity contribution is 5.94. The second-order valence-corrected chi connectivity index (χ2v) is 6.99. The minimum absolute atomic E-state index is 0.126. The predicted molar refractivity (Wildman–Crippen MR) is 105 cm³/mol. The summed E-state index contributed by atoms with van der Waals surface area (Å²) in [6, 6.07) is 8.00. The Morgan fingerprint density at radius 3 is 2.42 bits per heavy atom. The summed E-state index contributed by atoms with van der Waals surface area (Å²) < 4.78 is 0. The lowest BCUT2D eigenvalue weighted by Gasteiger charge is -2.25. The maximum absolute atomic E-state index is 12.9. The molecule has 0 spiro atoms. The van der Waals surface area contributed by atoms with Gasteiger partial charge in [0.05, 0.1) is 0 Å². The average molecular weight is 352 g/mol. The summed E-state index contributed by atoms with van der Waals surface area (Å²) >= 11 is 0. The lowest BCUT2D eigenvalue weighted by molar-refractivity contribution is 0.0767. The molecule has 138 valence electrons. The molecule has 1 aromatic carbocycles. The van der Waals surface area contributed by atoms with Crippen molar-refractivity contribution in [2.24, 2.45) is 0 Å². The van der Waals surface area contributed by atoms with Crippen LogP contribution in [-0.2, 0) is 6.42 Å². The fraction of sp³-hybridized carbons (Fsp3) is 0.476. The van der Waals surface area contributed by atoms with Crippen molar-refractivity contribution < 1.29 is 4.79 Å². The normalized spacial score (nSPS) is 15.1. The van der Waals surface area contributed by atoms with Crippen molar-refractivity contribution in [3.05, 3.63) is 52.5 Å². The summed E-state index contributed by atoms with van der Waals surface area (Å²) in [5.74, 6) is 1.94. The maximum Gasteiger partial charge on any atom is 0.253 e. The maximum atomic E-state index is 12.9. The summed E-state index contributed by atoms with van der Waals surface area (Å²) in [7, 11) is 0. The van der Waals surface area contributed by atoms with Gasteiger partial charge in [-0.05, 0) is 51.3 Å². The highest BCUT2D eigenvalue weighted by Gasteiger charge is 2.22. The number of amides is 1. The van der Waals surface area contributed by atoms with Crippen LogP contribution in [0.1, 0.15) is 46.3 Å². The molecule has 5 heteroatoms. The lowest BCUT2D eigenvalue weighted by atomic mass is 10.1. The van der Waals surface area contributed by atoms with Gasteiger partial charge in [0, 0.05) is 43.0 Å². The molecule has 5 nitrogen and oxygen atoms in total. The molecule has 0 radical (unpaired) electrons. The van der Waals surface area contributed by atoms with Gasteiger partial charge in [0.1, 0.15) is 11.6 Å². The van der Waals surface area contributed by atoms with Gasteiger partial charge in [-0.2, -0.15) is 0 Å². The van der Waals surface area contributed by atoms with Gasteiger partial charge in [-0.15, -0.1) is 0 Å². The predicted octanol–water partition coefficient (Wildman–Crippen LogP) is 3.32. The Labute approximate surface area is 156 Å². The van der Waals surface area contributed by atoms with E-state index < -0.39 is 0 Å². The molecule has 2 aromatic rings. The SMILES string of the molecule is CCc1ccc(C(=O)N2CCCN(c3nc(C)nc(C)c3C)CC2)cc1. The first-order valence-corrected chi connectivity index (χ1v) is 9.44. The number of benzene rings is 1. The van der Waals surface area contributed by atoms with Crippen molar-refractivity contribution >= 4 is 11.7 Å². The first kappa shape index (κ1) is 18.4. The Kier molecular flexibility index (Phi) is 5.55. The van der Waals surface area contributed by atoms with Crippen LogP contribution in [0.2, 0.25) is 0 Å². The van der Waals surface area contributed by atoms with Crippen LogP contribution in [0.15, 0.2) is 24.3 Å². The number of anilines is 1. The average Bonchev–Trinajstić information content (AvgIpc) is 2.90. The Morgan fingerprint density at radius 2 is 1.73 bits per heavy atom. The molecule has 26 heavy (non-hydrogen) atoms. The molecular formula is C21H28N4O. The third-order valence-electron chi connectivity index (χ3n) is 5.17. The number of hydrogen-bond donors (Lipinski definition) is 0. The number of rotatable bonds is 3. The van der Waals surface area contributed by atoms with Gasteiger partial charge in [0.25, 0.3) is 5.91 Å². The Balaban J connectivity index is 1.73. The van der Waals surface area contributed by atoms with Crippen molar-refractivity contribution in [2.75, 3.05) is 31.1 Å². The first-order chi connectivity index (χ1) is 12.5. The quantitative estimate of drug-likeness (QED) is 0.850. The van der Waals surface area contributed by atoms with Gasteiger partial charge in [-0.25, -0.2) is 9.97 Å². The van der Waals surface area contributed by atoms with E-state index in [9.17, 15) is 4.79 Å². The molecule has 0 aliphatic carbocycles. The summed E-state index contributed by atoms with van der Waals surface area (Å²) in [6.45, 7) is 11.4. The van der Waals surface area contributed by atoms with E-state index in [1.54, 1.807) is 0 Å². The molecule has 1 amide bonds. The smallest absolute Gasteiger partial charge is 0.253 e. The molecule has 1 aromatic heterocycles. The van der Waals surface area contributed by atoms with Crippen LogP contribution in [0, 0.1) is 20.8 Å². The third-order valence-corrected chi connectivity index (χ3v) is 5.17. The van der Waals surface area contributed by atoms with Crippen LogP contribution in [0.4, 0.5) is 5.82 Å². The number of hydrogen-bond acceptors (Lipinski definition) is 4. The van der Waals surface area contributed by atoms with Crippen LogP contribution < -0.4 is 4.90 Å². The van der Waals surface area contributed by atoms with Crippen molar-refractivity contribution in [3.63, 3.8) is 0 Å².